The highest BCUT2D eigenvalue weighted by molar-refractivity contribution is 5.90. The fraction of sp³-hybridized carbons (Fsp3) is 0.357. The van der Waals surface area contributed by atoms with Crippen LogP contribution in [0.1, 0.15) is 31.1 Å². The molecule has 1 aromatic heterocycles. The number of carbonyl (C=O) groups is 2. The van der Waals surface area contributed by atoms with Gasteiger partial charge in [0.15, 0.2) is 0 Å². The lowest BCUT2D eigenvalue weighted by molar-refractivity contribution is -0.138. The number of ether oxygens (including phenoxy) is 2. The minimum absolute atomic E-state index is 0.311. The van der Waals surface area contributed by atoms with Crippen molar-refractivity contribution in [2.75, 3.05) is 18.5 Å². The van der Waals surface area contributed by atoms with Crippen LogP contribution in [0, 0.1) is 0 Å². The fourth-order valence-electron chi connectivity index (χ4n) is 1.34. The standard InChI is InChI=1S/C14H18N2O4/c1-4-19-13(17)10(3)9-16-12-8-11(6-7-15-12)14(18)20-5-2/h6-9H,4-5H2,1-3H3,(H,15,16). The monoisotopic (exact) mass is 278 g/mol. The number of nitrogens with one attached hydrogen (secondary N) is 1. The smallest absolute Gasteiger partial charge is 0.338 e. The Hall–Kier alpha value is -2.37. The van der Waals surface area contributed by atoms with Gasteiger partial charge < -0.3 is 14.8 Å². The minimum atomic E-state index is -0.413. The number of hydrogen-bond acceptors (Lipinski definition) is 6. The maximum absolute atomic E-state index is 11.6. The quantitative estimate of drug-likeness (QED) is 0.634. The van der Waals surface area contributed by atoms with E-state index in [1.54, 1.807) is 32.9 Å². The molecule has 0 unspecified atom stereocenters. The predicted octanol–water partition coefficient (Wildman–Crippen LogP) is 2.14. The van der Waals surface area contributed by atoms with Crippen LogP contribution in [-0.2, 0) is 14.3 Å². The van der Waals surface area contributed by atoms with Crippen molar-refractivity contribution in [1.29, 1.82) is 0 Å². The summed E-state index contributed by atoms with van der Waals surface area (Å²) < 4.78 is 9.74. The molecule has 0 amide bonds. The van der Waals surface area contributed by atoms with Crippen molar-refractivity contribution >= 4 is 17.8 Å². The molecule has 0 fully saturated rings. The van der Waals surface area contributed by atoms with E-state index in [4.69, 9.17) is 9.47 Å². The lowest BCUT2D eigenvalue weighted by Gasteiger charge is -2.05. The van der Waals surface area contributed by atoms with Gasteiger partial charge in [0.1, 0.15) is 5.82 Å². The van der Waals surface area contributed by atoms with Crippen LogP contribution in [0.4, 0.5) is 5.82 Å². The number of rotatable bonds is 6. The van der Waals surface area contributed by atoms with E-state index in [0.717, 1.165) is 0 Å². The molecule has 1 N–H and O–H groups in total. The first-order valence-corrected chi connectivity index (χ1v) is 6.32. The SMILES string of the molecule is CCOC(=O)C(C)=CNc1cc(C(=O)OCC)ccn1. The molecule has 20 heavy (non-hydrogen) atoms. The van der Waals surface area contributed by atoms with Gasteiger partial charge in [-0.15, -0.1) is 0 Å². The van der Waals surface area contributed by atoms with Crippen LogP contribution >= 0.6 is 0 Å². The van der Waals surface area contributed by atoms with E-state index >= 15 is 0 Å². The zero-order chi connectivity index (χ0) is 15.0. The molecule has 1 rings (SSSR count). The largest absolute Gasteiger partial charge is 0.463 e. The minimum Gasteiger partial charge on any atom is -0.463 e. The highest BCUT2D eigenvalue weighted by atomic mass is 16.5. The molecule has 0 saturated carbocycles. The van der Waals surface area contributed by atoms with E-state index < -0.39 is 11.9 Å². The van der Waals surface area contributed by atoms with Crippen molar-refractivity contribution < 1.29 is 19.1 Å². The number of carbonyl (C=O) groups excluding carboxylic acids is 2. The average Bonchev–Trinajstić information content (AvgIpc) is 2.45. The summed E-state index contributed by atoms with van der Waals surface area (Å²) in [6.45, 7) is 5.74. The van der Waals surface area contributed by atoms with E-state index in [9.17, 15) is 9.59 Å². The zero-order valence-electron chi connectivity index (χ0n) is 11.8. The highest BCUT2D eigenvalue weighted by Gasteiger charge is 2.08. The van der Waals surface area contributed by atoms with E-state index in [1.807, 2.05) is 0 Å². The van der Waals surface area contributed by atoms with Crippen LogP contribution < -0.4 is 5.32 Å². The van der Waals surface area contributed by atoms with Gasteiger partial charge in [0.05, 0.1) is 24.4 Å². The van der Waals surface area contributed by atoms with Gasteiger partial charge in [-0.25, -0.2) is 14.6 Å². The van der Waals surface area contributed by atoms with Crippen molar-refractivity contribution in [3.8, 4) is 0 Å². The number of nitrogens with zero attached hydrogens (tertiary/aromatic N) is 1. The summed E-state index contributed by atoms with van der Waals surface area (Å²) in [5.74, 6) is -0.371. The maximum Gasteiger partial charge on any atom is 0.338 e. The second-order valence-corrected chi connectivity index (χ2v) is 3.84. The fourth-order valence-corrected chi connectivity index (χ4v) is 1.34. The molecule has 0 radical (unpaired) electrons. The van der Waals surface area contributed by atoms with Gasteiger partial charge in [-0.3, -0.25) is 0 Å². The maximum atomic E-state index is 11.6. The summed E-state index contributed by atoms with van der Waals surface area (Å²) in [6, 6.07) is 3.11. The first kappa shape index (κ1) is 15.7. The second kappa shape index (κ2) is 7.93. The number of esters is 2. The Balaban J connectivity index is 2.74. The summed E-state index contributed by atoms with van der Waals surface area (Å²) in [6.07, 6.45) is 2.97. The Morgan fingerprint density at radius 1 is 1.30 bits per heavy atom. The van der Waals surface area contributed by atoms with Gasteiger partial charge in [0.2, 0.25) is 0 Å². The predicted molar refractivity (Wildman–Crippen MR) is 74.2 cm³/mol. The molecule has 108 valence electrons. The third kappa shape index (κ3) is 4.72. The number of anilines is 1. The van der Waals surface area contributed by atoms with Gasteiger partial charge >= 0.3 is 11.9 Å². The Kier molecular flexibility index (Phi) is 6.22. The van der Waals surface area contributed by atoms with Gasteiger partial charge in [-0.2, -0.15) is 0 Å². The van der Waals surface area contributed by atoms with E-state index in [2.05, 4.69) is 10.3 Å². The zero-order valence-corrected chi connectivity index (χ0v) is 11.8. The van der Waals surface area contributed by atoms with Gasteiger partial charge in [-0.05, 0) is 32.9 Å². The Labute approximate surface area is 117 Å². The normalized spacial score (nSPS) is 10.8. The number of aromatic nitrogens is 1. The van der Waals surface area contributed by atoms with Crippen LogP contribution in [-0.4, -0.2) is 30.1 Å². The van der Waals surface area contributed by atoms with Gasteiger partial charge in [0, 0.05) is 12.4 Å². The van der Waals surface area contributed by atoms with Crippen molar-refractivity contribution in [3.05, 3.63) is 35.7 Å². The van der Waals surface area contributed by atoms with Crippen molar-refractivity contribution in [3.63, 3.8) is 0 Å². The Morgan fingerprint density at radius 2 is 2.00 bits per heavy atom. The van der Waals surface area contributed by atoms with E-state index in [-0.39, 0.29) is 0 Å². The highest BCUT2D eigenvalue weighted by Crippen LogP contribution is 2.09. The van der Waals surface area contributed by atoms with Crippen molar-refractivity contribution in [2.24, 2.45) is 0 Å². The summed E-state index contributed by atoms with van der Waals surface area (Å²) in [5.41, 5.74) is 0.807. The summed E-state index contributed by atoms with van der Waals surface area (Å²) in [7, 11) is 0. The van der Waals surface area contributed by atoms with Crippen LogP contribution in [0.25, 0.3) is 0 Å². The number of pyridine rings is 1. The molecule has 0 saturated heterocycles. The van der Waals surface area contributed by atoms with Crippen LogP contribution in [0.15, 0.2) is 30.1 Å². The molecule has 0 aromatic carbocycles. The van der Waals surface area contributed by atoms with Crippen molar-refractivity contribution in [2.45, 2.75) is 20.8 Å². The molecule has 6 heteroatoms. The molecule has 0 aliphatic rings. The summed E-state index contributed by atoms with van der Waals surface area (Å²) in [5, 5.41) is 2.84. The Bertz CT molecular complexity index is 512. The van der Waals surface area contributed by atoms with Crippen molar-refractivity contribution in [1.82, 2.24) is 4.98 Å². The molecule has 6 nitrogen and oxygen atoms in total. The Morgan fingerprint density at radius 3 is 2.65 bits per heavy atom. The van der Waals surface area contributed by atoms with Gasteiger partial charge in [-0.1, -0.05) is 0 Å². The lowest BCUT2D eigenvalue weighted by atomic mass is 10.2. The van der Waals surface area contributed by atoms with E-state index in [0.29, 0.717) is 30.2 Å². The first-order chi connectivity index (χ1) is 9.58. The average molecular weight is 278 g/mol. The summed E-state index contributed by atoms with van der Waals surface area (Å²) >= 11 is 0. The van der Waals surface area contributed by atoms with E-state index in [1.165, 1.54) is 12.4 Å². The molecule has 0 spiro atoms. The summed E-state index contributed by atoms with van der Waals surface area (Å²) in [4.78, 5) is 27.0. The molecular formula is C14H18N2O4. The van der Waals surface area contributed by atoms with Gasteiger partial charge in [0.25, 0.3) is 0 Å². The topological polar surface area (TPSA) is 77.5 Å². The first-order valence-electron chi connectivity index (χ1n) is 6.32. The molecule has 0 bridgehead atoms. The third-order valence-corrected chi connectivity index (χ3v) is 2.31. The number of hydrogen-bond donors (Lipinski definition) is 1. The molecule has 1 aromatic rings. The second-order valence-electron chi connectivity index (χ2n) is 3.84. The van der Waals surface area contributed by atoms with Crippen LogP contribution in [0.2, 0.25) is 0 Å². The molecule has 0 atom stereocenters. The molecule has 0 aliphatic carbocycles. The van der Waals surface area contributed by atoms with Crippen LogP contribution in [0.3, 0.4) is 0 Å². The molecular weight excluding hydrogens is 260 g/mol. The molecule has 0 aliphatic heterocycles. The third-order valence-electron chi connectivity index (χ3n) is 2.31. The molecule has 1 heterocycles. The lowest BCUT2D eigenvalue weighted by Crippen LogP contribution is -2.08. The van der Waals surface area contributed by atoms with Crippen LogP contribution in [0.5, 0.6) is 0 Å².